The minimum Gasteiger partial charge on any atom is -0.361 e. The van der Waals surface area contributed by atoms with Gasteiger partial charge in [0.2, 0.25) is 0 Å². The van der Waals surface area contributed by atoms with Crippen molar-refractivity contribution in [2.75, 3.05) is 9.80 Å². The van der Waals surface area contributed by atoms with Crippen LogP contribution in [0.4, 0.5) is 17.1 Å². The van der Waals surface area contributed by atoms with Crippen molar-refractivity contribution in [1.82, 2.24) is 0 Å². The summed E-state index contributed by atoms with van der Waals surface area (Å²) in [4.78, 5) is 5.14. The van der Waals surface area contributed by atoms with Crippen molar-refractivity contribution in [3.63, 3.8) is 0 Å². The molecule has 3 aliphatic carbocycles. The first-order valence-corrected chi connectivity index (χ1v) is 17.5. The van der Waals surface area contributed by atoms with Crippen molar-refractivity contribution < 1.29 is 0 Å². The monoisotopic (exact) mass is 606 g/mol. The maximum atomic E-state index is 3.21. The third-order valence-electron chi connectivity index (χ3n) is 10.0. The summed E-state index contributed by atoms with van der Waals surface area (Å²) in [5.74, 6) is 1.18. The number of hydrogen-bond donors (Lipinski definition) is 0. The van der Waals surface area contributed by atoms with E-state index in [2.05, 4.69) is 159 Å². The molecule has 236 valence electrons. The van der Waals surface area contributed by atoms with Crippen LogP contribution in [0.5, 0.6) is 0 Å². The highest BCUT2D eigenvalue weighted by atomic mass is 15.2. The summed E-state index contributed by atoms with van der Waals surface area (Å²) in [6, 6.07) is 32.3. The summed E-state index contributed by atoms with van der Waals surface area (Å²) >= 11 is 0. The molecular formula is C44H50N2. The van der Waals surface area contributed by atoms with E-state index in [0.717, 1.165) is 32.1 Å². The molecule has 0 aliphatic heterocycles. The fraction of sp³-hybridized carbons (Fsp3) is 0.364. The van der Waals surface area contributed by atoms with E-state index >= 15 is 0 Å². The van der Waals surface area contributed by atoms with Crippen LogP contribution in [0, 0.1) is 18.1 Å². The van der Waals surface area contributed by atoms with E-state index in [1.54, 1.807) is 5.57 Å². The zero-order valence-electron chi connectivity index (χ0n) is 28.2. The molecule has 0 spiro atoms. The standard InChI is InChI=1S/C44H50N2/c1-33(2)37-21-29-43(30-22-37)45(39-11-7-5-8-12-39)41-25-17-35(18-26-41)15-16-36-19-27-42(28-20-36)46(40-13-9-6-10-14-40)44-31-23-38(24-32-44)34(3)4/h5,7-9,11,13-14,17-23,25-27,29-30,33-34,39,42,44H,12,15-16,24,28,31-32H2,1-4H3. The van der Waals surface area contributed by atoms with Crippen LogP contribution in [0.3, 0.4) is 0 Å². The Balaban J connectivity index is 1.11. The van der Waals surface area contributed by atoms with Gasteiger partial charge in [-0.2, -0.15) is 0 Å². The highest BCUT2D eigenvalue weighted by Crippen LogP contribution is 2.35. The Labute approximate surface area is 278 Å². The first-order chi connectivity index (χ1) is 22.5. The van der Waals surface area contributed by atoms with Crippen molar-refractivity contribution in [3.8, 4) is 0 Å². The number of nitrogens with zero attached hydrogens (tertiary/aromatic N) is 2. The van der Waals surface area contributed by atoms with Crippen LogP contribution in [0.25, 0.3) is 0 Å². The van der Waals surface area contributed by atoms with Gasteiger partial charge in [-0.25, -0.2) is 0 Å². The Morgan fingerprint density at radius 2 is 1.50 bits per heavy atom. The number of hydrogen-bond acceptors (Lipinski definition) is 2. The molecule has 2 nitrogen and oxygen atoms in total. The molecule has 3 unspecified atom stereocenters. The van der Waals surface area contributed by atoms with E-state index in [9.17, 15) is 0 Å². The number of aryl methyl sites for hydroxylation is 1. The van der Waals surface area contributed by atoms with E-state index in [-0.39, 0.29) is 0 Å². The summed E-state index contributed by atoms with van der Waals surface area (Å²) in [7, 11) is 0. The predicted molar refractivity (Wildman–Crippen MR) is 197 cm³/mol. The quantitative estimate of drug-likeness (QED) is 0.200. The number of benzene rings is 2. The molecule has 0 N–H and O–H groups in total. The van der Waals surface area contributed by atoms with E-state index in [4.69, 9.17) is 0 Å². The molecule has 0 bridgehead atoms. The lowest BCUT2D eigenvalue weighted by Gasteiger charge is -2.41. The molecule has 6 rings (SSSR count). The summed E-state index contributed by atoms with van der Waals surface area (Å²) in [6.45, 7) is 9.16. The maximum absolute atomic E-state index is 3.21. The normalized spacial score (nSPS) is 20.8. The highest BCUT2D eigenvalue weighted by molar-refractivity contribution is 5.66. The molecule has 0 saturated heterocycles. The molecule has 0 fully saturated rings. The summed E-state index contributed by atoms with van der Waals surface area (Å²) in [6.07, 6.45) is 26.5. The van der Waals surface area contributed by atoms with E-state index < -0.39 is 0 Å². The van der Waals surface area contributed by atoms with Crippen molar-refractivity contribution in [3.05, 3.63) is 150 Å². The van der Waals surface area contributed by atoms with Gasteiger partial charge in [0.15, 0.2) is 0 Å². The zero-order valence-corrected chi connectivity index (χ0v) is 28.2. The second-order valence-electron chi connectivity index (χ2n) is 13.8. The van der Waals surface area contributed by atoms with Crippen LogP contribution in [-0.2, 0) is 6.42 Å². The van der Waals surface area contributed by atoms with Crippen molar-refractivity contribution in [2.45, 2.75) is 96.7 Å². The lowest BCUT2D eigenvalue weighted by atomic mass is 9.86. The summed E-state index contributed by atoms with van der Waals surface area (Å²) in [5.41, 5.74) is 9.61. The topological polar surface area (TPSA) is 6.48 Å². The second kappa shape index (κ2) is 14.9. The third-order valence-corrected chi connectivity index (χ3v) is 10.0. The Morgan fingerprint density at radius 1 is 0.717 bits per heavy atom. The largest absolute Gasteiger partial charge is 0.361 e. The van der Waals surface area contributed by atoms with Crippen molar-refractivity contribution >= 4 is 17.1 Å². The molecular weight excluding hydrogens is 556 g/mol. The predicted octanol–water partition coefficient (Wildman–Crippen LogP) is 11.3. The lowest BCUT2D eigenvalue weighted by molar-refractivity contribution is 0.484. The maximum Gasteiger partial charge on any atom is 0.0559 e. The molecule has 3 aliphatic rings. The summed E-state index contributed by atoms with van der Waals surface area (Å²) < 4.78 is 0. The van der Waals surface area contributed by atoms with Crippen LogP contribution >= 0.6 is 0 Å². The molecule has 0 heterocycles. The van der Waals surface area contributed by atoms with Gasteiger partial charge in [0, 0.05) is 29.2 Å². The SMILES string of the molecule is CC(C)C1=CCC(N(c2cc#ccc2)C2C=CC(CCc3ccc(N(c4ccc(C(C)C)cc4)C4C=CC=CC4)cc3)=CC2)CC1. The third kappa shape index (κ3) is 7.59. The minimum atomic E-state index is 0.319. The smallest absolute Gasteiger partial charge is 0.0559 e. The first-order valence-electron chi connectivity index (χ1n) is 17.5. The van der Waals surface area contributed by atoms with Crippen LogP contribution in [0.15, 0.2) is 126 Å². The minimum absolute atomic E-state index is 0.319. The van der Waals surface area contributed by atoms with Gasteiger partial charge in [0.1, 0.15) is 0 Å². The van der Waals surface area contributed by atoms with E-state index in [1.165, 1.54) is 46.6 Å². The number of rotatable bonds is 11. The molecule has 3 aromatic rings. The summed E-state index contributed by atoms with van der Waals surface area (Å²) in [5, 5.41) is 0. The average Bonchev–Trinajstić information content (AvgIpc) is 3.10. The van der Waals surface area contributed by atoms with Crippen LogP contribution in [0.1, 0.15) is 83.3 Å². The zero-order chi connectivity index (χ0) is 31.9. The first kappa shape index (κ1) is 31.7. The van der Waals surface area contributed by atoms with Crippen molar-refractivity contribution in [2.24, 2.45) is 5.92 Å². The van der Waals surface area contributed by atoms with E-state index in [1.807, 2.05) is 6.07 Å². The molecule has 0 radical (unpaired) electrons. The van der Waals surface area contributed by atoms with E-state index in [0.29, 0.717) is 30.0 Å². The number of allylic oxidation sites excluding steroid dienone is 5. The molecule has 3 aromatic carbocycles. The van der Waals surface area contributed by atoms with Gasteiger partial charge in [0.05, 0.1) is 12.1 Å². The average molecular weight is 607 g/mol. The Kier molecular flexibility index (Phi) is 10.3. The van der Waals surface area contributed by atoms with Gasteiger partial charge in [0.25, 0.3) is 0 Å². The lowest BCUT2D eigenvalue weighted by Crippen LogP contribution is -2.43. The van der Waals surface area contributed by atoms with Gasteiger partial charge in [-0.3, -0.25) is 0 Å². The van der Waals surface area contributed by atoms with Gasteiger partial charge in [-0.1, -0.05) is 124 Å². The van der Waals surface area contributed by atoms with Gasteiger partial charge in [-0.05, 0) is 104 Å². The molecule has 0 saturated carbocycles. The van der Waals surface area contributed by atoms with Gasteiger partial charge in [-0.15, -0.1) is 0 Å². The Bertz CT molecular complexity index is 1570. The van der Waals surface area contributed by atoms with Crippen LogP contribution in [0.2, 0.25) is 0 Å². The molecule has 46 heavy (non-hydrogen) atoms. The van der Waals surface area contributed by atoms with Gasteiger partial charge >= 0.3 is 0 Å². The molecule has 2 heteroatoms. The molecule has 0 aromatic heterocycles. The highest BCUT2D eigenvalue weighted by Gasteiger charge is 2.28. The number of anilines is 3. The Morgan fingerprint density at radius 3 is 2.09 bits per heavy atom. The fourth-order valence-electron chi connectivity index (χ4n) is 7.26. The Hall–Kier alpha value is -4.22. The van der Waals surface area contributed by atoms with Crippen LogP contribution < -0.4 is 9.80 Å². The van der Waals surface area contributed by atoms with Crippen LogP contribution in [-0.4, -0.2) is 18.1 Å². The van der Waals surface area contributed by atoms with Gasteiger partial charge < -0.3 is 9.80 Å². The fourth-order valence-corrected chi connectivity index (χ4v) is 7.26. The molecule has 3 atom stereocenters. The molecule has 0 amide bonds. The van der Waals surface area contributed by atoms with Crippen molar-refractivity contribution in [1.29, 1.82) is 0 Å². The second-order valence-corrected chi connectivity index (χ2v) is 13.8.